The molecule has 1 saturated heterocycles. The molecule has 0 spiro atoms. The van der Waals surface area contributed by atoms with Gasteiger partial charge in [0.05, 0.1) is 7.11 Å². The fraction of sp³-hybridized carbons (Fsp3) is 0.643. The third-order valence-electron chi connectivity index (χ3n) is 3.93. The molecule has 1 fully saturated rings. The van der Waals surface area contributed by atoms with E-state index < -0.39 is 16.0 Å². The minimum atomic E-state index is -3.87. The van der Waals surface area contributed by atoms with Crippen molar-refractivity contribution >= 4 is 16.0 Å². The van der Waals surface area contributed by atoms with Crippen LogP contribution in [0.25, 0.3) is 0 Å². The van der Waals surface area contributed by atoms with E-state index in [1.807, 2.05) is 6.92 Å². The fourth-order valence-electron chi connectivity index (χ4n) is 2.79. The lowest BCUT2D eigenvalue weighted by atomic mass is 10.0. The van der Waals surface area contributed by atoms with Crippen LogP contribution in [0.4, 0.5) is 0 Å². The highest BCUT2D eigenvalue weighted by Crippen LogP contribution is 2.28. The highest BCUT2D eigenvalue weighted by atomic mass is 32.2. The van der Waals surface area contributed by atoms with E-state index in [0.717, 1.165) is 19.4 Å². The van der Waals surface area contributed by atoms with E-state index in [9.17, 15) is 13.2 Å². The molecule has 124 valence electrons. The molecule has 2 N–H and O–H groups in total. The van der Waals surface area contributed by atoms with Crippen molar-refractivity contribution < 1.29 is 22.4 Å². The smallest absolute Gasteiger partial charge is 0.342 e. The summed E-state index contributed by atoms with van der Waals surface area (Å²) in [5.74, 6) is -0.300. The Kier molecular flexibility index (Phi) is 4.93. The van der Waals surface area contributed by atoms with Gasteiger partial charge in [-0.25, -0.2) is 17.9 Å². The van der Waals surface area contributed by atoms with Gasteiger partial charge in [0.1, 0.15) is 22.0 Å². The number of carbonyl (C=O) groups is 1. The molecule has 1 aromatic rings. The summed E-state index contributed by atoms with van der Waals surface area (Å²) in [5.41, 5.74) is -0.0380. The van der Waals surface area contributed by atoms with Gasteiger partial charge < -0.3 is 14.5 Å². The van der Waals surface area contributed by atoms with Gasteiger partial charge >= 0.3 is 5.97 Å². The van der Waals surface area contributed by atoms with Gasteiger partial charge in [0.15, 0.2) is 0 Å². The van der Waals surface area contributed by atoms with Crippen molar-refractivity contribution in [3.8, 4) is 0 Å². The maximum absolute atomic E-state index is 12.7. The molecule has 2 atom stereocenters. The maximum atomic E-state index is 12.7. The number of hydrogen-bond donors (Lipinski definition) is 2. The quantitative estimate of drug-likeness (QED) is 0.802. The molecule has 0 amide bonds. The molecular formula is C14H22N2O5S. The molecule has 2 unspecified atom stereocenters. The Morgan fingerprint density at radius 3 is 2.64 bits per heavy atom. The number of aryl methyl sites for hydroxylation is 2. The van der Waals surface area contributed by atoms with Crippen LogP contribution < -0.4 is 10.0 Å². The average molecular weight is 330 g/mol. The Morgan fingerprint density at radius 1 is 1.36 bits per heavy atom. The zero-order valence-electron chi connectivity index (χ0n) is 13.2. The van der Waals surface area contributed by atoms with Gasteiger partial charge in [-0.3, -0.25) is 0 Å². The van der Waals surface area contributed by atoms with Crippen molar-refractivity contribution in [1.29, 1.82) is 0 Å². The van der Waals surface area contributed by atoms with Crippen LogP contribution in [0, 0.1) is 13.8 Å². The molecular weight excluding hydrogens is 308 g/mol. The number of rotatable bonds is 4. The van der Waals surface area contributed by atoms with Crippen LogP contribution in [-0.4, -0.2) is 40.1 Å². The summed E-state index contributed by atoms with van der Waals surface area (Å²) in [6.45, 7) is 5.87. The molecule has 0 bridgehead atoms. The van der Waals surface area contributed by atoms with Gasteiger partial charge in [-0.2, -0.15) is 0 Å². The lowest BCUT2D eigenvalue weighted by Crippen LogP contribution is -2.51. The number of furan rings is 1. The molecule has 2 rings (SSSR count). The van der Waals surface area contributed by atoms with Gasteiger partial charge in [0, 0.05) is 12.1 Å². The predicted octanol–water partition coefficient (Wildman–Crippen LogP) is 1.10. The second-order valence-electron chi connectivity index (χ2n) is 5.52. The minimum absolute atomic E-state index is 0.0263. The fourth-order valence-corrected chi connectivity index (χ4v) is 4.54. The summed E-state index contributed by atoms with van der Waals surface area (Å²) in [6, 6.07) is -0.197. The van der Waals surface area contributed by atoms with E-state index in [0.29, 0.717) is 0 Å². The van der Waals surface area contributed by atoms with Crippen LogP contribution >= 0.6 is 0 Å². The molecule has 1 aliphatic heterocycles. The van der Waals surface area contributed by atoms with Crippen molar-refractivity contribution in [3.05, 3.63) is 17.1 Å². The van der Waals surface area contributed by atoms with Crippen molar-refractivity contribution in [2.45, 2.75) is 50.6 Å². The minimum Gasteiger partial charge on any atom is -0.465 e. The highest BCUT2D eigenvalue weighted by molar-refractivity contribution is 7.89. The van der Waals surface area contributed by atoms with Crippen LogP contribution in [0.1, 0.15) is 41.6 Å². The Morgan fingerprint density at radius 2 is 2.05 bits per heavy atom. The lowest BCUT2D eigenvalue weighted by molar-refractivity contribution is 0.0595. The van der Waals surface area contributed by atoms with E-state index in [4.69, 9.17) is 4.42 Å². The topological polar surface area (TPSA) is 97.6 Å². The lowest BCUT2D eigenvalue weighted by Gasteiger charge is -2.30. The first-order valence-corrected chi connectivity index (χ1v) is 8.70. The molecule has 1 aromatic heterocycles. The molecule has 0 aliphatic carbocycles. The summed E-state index contributed by atoms with van der Waals surface area (Å²) in [6.07, 6.45) is 1.64. The molecule has 2 heterocycles. The number of ether oxygens (including phenoxy) is 1. The summed E-state index contributed by atoms with van der Waals surface area (Å²) in [4.78, 5) is 11.8. The first-order chi connectivity index (χ1) is 10.3. The molecule has 8 heteroatoms. The SMILES string of the molecule is COC(=O)c1c(C)oc(C)c1S(=O)(=O)NC1CCCNC1C. The number of esters is 1. The monoisotopic (exact) mass is 330 g/mol. The number of piperidine rings is 1. The third-order valence-corrected chi connectivity index (χ3v) is 5.57. The summed E-state index contributed by atoms with van der Waals surface area (Å²) >= 11 is 0. The third kappa shape index (κ3) is 3.18. The van der Waals surface area contributed by atoms with Crippen LogP contribution in [0.5, 0.6) is 0 Å². The summed E-state index contributed by atoms with van der Waals surface area (Å²) in [5, 5.41) is 3.23. The van der Waals surface area contributed by atoms with Gasteiger partial charge in [0.2, 0.25) is 10.0 Å². The summed E-state index contributed by atoms with van der Waals surface area (Å²) < 4.78 is 38.1. The van der Waals surface area contributed by atoms with Gasteiger partial charge in [0.25, 0.3) is 0 Å². The number of carbonyl (C=O) groups excluding carboxylic acids is 1. The second kappa shape index (κ2) is 6.39. The normalized spacial score (nSPS) is 22.5. The van der Waals surface area contributed by atoms with Crippen molar-refractivity contribution in [2.24, 2.45) is 0 Å². The van der Waals surface area contributed by atoms with Gasteiger partial charge in [-0.05, 0) is 40.2 Å². The first kappa shape index (κ1) is 17.0. The molecule has 0 radical (unpaired) electrons. The predicted molar refractivity (Wildman–Crippen MR) is 80.3 cm³/mol. The van der Waals surface area contributed by atoms with E-state index >= 15 is 0 Å². The van der Waals surface area contributed by atoms with Crippen molar-refractivity contribution in [3.63, 3.8) is 0 Å². The van der Waals surface area contributed by atoms with E-state index in [-0.39, 0.29) is 34.1 Å². The molecule has 0 saturated carbocycles. The van der Waals surface area contributed by atoms with Crippen LogP contribution in [0.15, 0.2) is 9.31 Å². The highest BCUT2D eigenvalue weighted by Gasteiger charge is 2.34. The number of sulfonamides is 1. The van der Waals surface area contributed by atoms with E-state index in [1.165, 1.54) is 14.0 Å². The Labute approximate surface area is 130 Å². The Bertz CT molecular complexity index is 665. The van der Waals surface area contributed by atoms with Crippen LogP contribution in [-0.2, 0) is 14.8 Å². The van der Waals surface area contributed by atoms with Gasteiger partial charge in [-0.15, -0.1) is 0 Å². The molecule has 22 heavy (non-hydrogen) atoms. The number of methoxy groups -OCH3 is 1. The zero-order valence-corrected chi connectivity index (χ0v) is 14.0. The standard InChI is InChI=1S/C14H22N2O5S/c1-8-11(6-5-7-15-8)16-22(18,19)13-10(3)21-9(2)12(13)14(17)20-4/h8,11,15-16H,5-7H2,1-4H3. The van der Waals surface area contributed by atoms with Crippen LogP contribution in [0.2, 0.25) is 0 Å². The van der Waals surface area contributed by atoms with E-state index in [1.54, 1.807) is 6.92 Å². The van der Waals surface area contributed by atoms with Crippen LogP contribution in [0.3, 0.4) is 0 Å². The Balaban J connectivity index is 2.39. The number of hydrogen-bond acceptors (Lipinski definition) is 6. The second-order valence-corrected chi connectivity index (χ2v) is 7.17. The maximum Gasteiger partial charge on any atom is 0.342 e. The molecule has 7 nitrogen and oxygen atoms in total. The Hall–Kier alpha value is -1.38. The zero-order chi connectivity index (χ0) is 16.5. The van der Waals surface area contributed by atoms with Crippen molar-refractivity contribution in [1.82, 2.24) is 10.0 Å². The molecule has 1 aliphatic rings. The number of nitrogens with one attached hydrogen (secondary N) is 2. The summed E-state index contributed by atoms with van der Waals surface area (Å²) in [7, 11) is -2.66. The van der Waals surface area contributed by atoms with Gasteiger partial charge in [-0.1, -0.05) is 0 Å². The molecule has 0 aromatic carbocycles. The first-order valence-electron chi connectivity index (χ1n) is 7.22. The largest absolute Gasteiger partial charge is 0.465 e. The van der Waals surface area contributed by atoms with E-state index in [2.05, 4.69) is 14.8 Å². The average Bonchev–Trinajstić information content (AvgIpc) is 2.75. The van der Waals surface area contributed by atoms with Crippen molar-refractivity contribution in [2.75, 3.05) is 13.7 Å².